The van der Waals surface area contributed by atoms with Crippen LogP contribution in [-0.4, -0.2) is 20.4 Å². The summed E-state index contributed by atoms with van der Waals surface area (Å²) in [6.07, 6.45) is 13.5. The van der Waals surface area contributed by atoms with Crippen molar-refractivity contribution in [1.29, 1.82) is 0 Å². The lowest BCUT2D eigenvalue weighted by Gasteiger charge is -2.38. The van der Waals surface area contributed by atoms with Crippen LogP contribution < -0.4 is 0 Å². The van der Waals surface area contributed by atoms with Gasteiger partial charge in [-0.05, 0) is 73.2 Å². The van der Waals surface area contributed by atoms with Crippen LogP contribution in [0.2, 0.25) is 18.1 Å². The monoisotopic (exact) mass is 510 g/mol. The van der Waals surface area contributed by atoms with Gasteiger partial charge in [0, 0.05) is 21.9 Å². The van der Waals surface area contributed by atoms with Crippen LogP contribution >= 0.6 is 11.3 Å². The molecule has 1 fully saturated rings. The van der Waals surface area contributed by atoms with Crippen molar-refractivity contribution in [2.75, 3.05) is 0 Å². The molecule has 1 aromatic heterocycles. The van der Waals surface area contributed by atoms with Crippen molar-refractivity contribution >= 4 is 35.7 Å². The van der Waals surface area contributed by atoms with Crippen LogP contribution in [-0.2, 0) is 14.0 Å². The smallest absolute Gasteiger partial charge is 0.306 e. The van der Waals surface area contributed by atoms with Gasteiger partial charge in [-0.25, -0.2) is 0 Å². The number of thiophene rings is 1. The average Bonchev–Trinajstić information content (AvgIpc) is 3.33. The van der Waals surface area contributed by atoms with Crippen LogP contribution in [0.5, 0.6) is 0 Å². The molecule has 4 rings (SSSR count). The highest BCUT2D eigenvalue weighted by molar-refractivity contribution is 7.19. The van der Waals surface area contributed by atoms with Crippen LogP contribution in [0.1, 0.15) is 70.8 Å². The van der Waals surface area contributed by atoms with Crippen molar-refractivity contribution in [3.8, 4) is 0 Å². The maximum Gasteiger partial charge on any atom is 0.306 e. The second-order valence-corrected chi connectivity index (χ2v) is 17.8. The maximum atomic E-state index is 12.4. The van der Waals surface area contributed by atoms with Gasteiger partial charge in [0.1, 0.15) is 6.10 Å². The number of esters is 1. The van der Waals surface area contributed by atoms with Crippen LogP contribution in [0.4, 0.5) is 0 Å². The summed E-state index contributed by atoms with van der Waals surface area (Å²) in [4.78, 5) is 13.6. The van der Waals surface area contributed by atoms with E-state index in [2.05, 4.69) is 95.4 Å². The topological polar surface area (TPSA) is 35.5 Å². The Kier molecular flexibility index (Phi) is 8.09. The number of rotatable bonds is 5. The predicted molar refractivity (Wildman–Crippen MR) is 150 cm³/mol. The van der Waals surface area contributed by atoms with E-state index in [1.807, 2.05) is 11.3 Å². The minimum Gasteiger partial charge on any atom is -0.462 e. The molecular weight excluding hydrogens is 468 g/mol. The molecule has 0 saturated heterocycles. The number of allylic oxidation sites excluding steroid dienone is 3. The molecule has 0 N–H and O–H groups in total. The molecule has 1 aliphatic heterocycles. The van der Waals surface area contributed by atoms with Crippen molar-refractivity contribution in [3.05, 3.63) is 59.5 Å². The van der Waals surface area contributed by atoms with Crippen molar-refractivity contribution in [2.45, 2.75) is 90.1 Å². The Balaban J connectivity index is 1.64. The zero-order valence-electron chi connectivity index (χ0n) is 22.3. The fraction of sp³-hybridized carbons (Fsp3) is 0.567. The van der Waals surface area contributed by atoms with Crippen molar-refractivity contribution < 1.29 is 14.0 Å². The standard InChI is InChI=1S/C30H42O3SSi/c1-21-19-26-24(14-9-7-8-10-16-29(31)32-26)23(21)17-18-25(33-35(5,6)30(2,3)4)28-20-22-13-11-12-15-27(22)34-28/h7,9,11-13,15,17-18,20-21,23-26H,8,10,14,16,19H2,1-6H3/b9-7-,18-17+/t21-,23+,24-,25-,26+/m1/s1. The first-order valence-corrected chi connectivity index (χ1v) is 17.0. The van der Waals surface area contributed by atoms with Gasteiger partial charge in [0.25, 0.3) is 0 Å². The summed E-state index contributed by atoms with van der Waals surface area (Å²) in [5, 5.41) is 1.42. The molecule has 190 valence electrons. The third-order valence-corrected chi connectivity index (χ3v) is 13.9. The Hall–Kier alpha value is -1.69. The zero-order chi connectivity index (χ0) is 25.2. The molecule has 5 heteroatoms. The molecule has 5 atom stereocenters. The molecule has 2 aromatic rings. The van der Waals surface area contributed by atoms with E-state index >= 15 is 0 Å². The van der Waals surface area contributed by atoms with E-state index in [4.69, 9.17) is 9.16 Å². The first-order valence-electron chi connectivity index (χ1n) is 13.2. The molecule has 0 radical (unpaired) electrons. The molecule has 2 aliphatic rings. The van der Waals surface area contributed by atoms with E-state index in [1.165, 1.54) is 15.0 Å². The first kappa shape index (κ1) is 26.4. The van der Waals surface area contributed by atoms with Crippen LogP contribution in [0.15, 0.2) is 54.6 Å². The number of carbonyl (C=O) groups is 1. The van der Waals surface area contributed by atoms with Crippen LogP contribution in [0.25, 0.3) is 10.1 Å². The Morgan fingerprint density at radius 1 is 1.20 bits per heavy atom. The highest BCUT2D eigenvalue weighted by Gasteiger charge is 2.42. The van der Waals surface area contributed by atoms with Crippen molar-refractivity contribution in [1.82, 2.24) is 0 Å². The average molecular weight is 511 g/mol. The Morgan fingerprint density at radius 3 is 2.71 bits per heavy atom. The summed E-state index contributed by atoms with van der Waals surface area (Å²) in [5.41, 5.74) is 0. The van der Waals surface area contributed by atoms with E-state index in [-0.39, 0.29) is 23.2 Å². The molecule has 2 heterocycles. The van der Waals surface area contributed by atoms with Gasteiger partial charge in [0.15, 0.2) is 8.32 Å². The minimum atomic E-state index is -1.99. The summed E-state index contributed by atoms with van der Waals surface area (Å²) >= 11 is 1.84. The van der Waals surface area contributed by atoms with Gasteiger partial charge in [0.2, 0.25) is 0 Å². The third kappa shape index (κ3) is 6.18. The fourth-order valence-electron chi connectivity index (χ4n) is 5.17. The maximum absolute atomic E-state index is 12.4. The lowest BCUT2D eigenvalue weighted by atomic mass is 9.86. The van der Waals surface area contributed by atoms with Crippen molar-refractivity contribution in [2.24, 2.45) is 17.8 Å². The Bertz CT molecular complexity index is 1040. The molecule has 0 bridgehead atoms. The Morgan fingerprint density at radius 2 is 1.97 bits per heavy atom. The van der Waals surface area contributed by atoms with Gasteiger partial charge in [-0.3, -0.25) is 4.79 Å². The molecule has 1 saturated carbocycles. The SMILES string of the molecule is C[C@@H]1C[C@@H]2OC(=O)CCC/C=C\C[C@@H]2[C@H]1/C=C/[C@@H](O[Si](C)(C)C(C)(C)C)c1cc2ccccc2s1. The molecule has 0 unspecified atom stereocenters. The molecule has 0 amide bonds. The molecule has 35 heavy (non-hydrogen) atoms. The second kappa shape index (κ2) is 10.7. The van der Waals surface area contributed by atoms with Gasteiger partial charge in [-0.1, -0.05) is 70.2 Å². The van der Waals surface area contributed by atoms with E-state index in [0.29, 0.717) is 24.2 Å². The van der Waals surface area contributed by atoms with Gasteiger partial charge >= 0.3 is 5.97 Å². The van der Waals surface area contributed by atoms with E-state index in [1.54, 1.807) is 0 Å². The second-order valence-electron chi connectivity index (χ2n) is 12.0. The van der Waals surface area contributed by atoms with E-state index < -0.39 is 8.32 Å². The number of hydrogen-bond acceptors (Lipinski definition) is 4. The number of carbonyl (C=O) groups excluding carboxylic acids is 1. The van der Waals surface area contributed by atoms with Crippen LogP contribution in [0, 0.1) is 17.8 Å². The van der Waals surface area contributed by atoms with E-state index in [0.717, 1.165) is 25.7 Å². The largest absolute Gasteiger partial charge is 0.462 e. The first-order chi connectivity index (χ1) is 16.5. The lowest BCUT2D eigenvalue weighted by molar-refractivity contribution is -0.151. The lowest BCUT2D eigenvalue weighted by Crippen LogP contribution is -2.41. The van der Waals surface area contributed by atoms with Gasteiger partial charge in [0.05, 0.1) is 6.10 Å². The number of fused-ring (bicyclic) bond motifs is 2. The number of benzene rings is 1. The number of hydrogen-bond donors (Lipinski definition) is 0. The highest BCUT2D eigenvalue weighted by atomic mass is 32.1. The predicted octanol–water partition coefficient (Wildman–Crippen LogP) is 8.83. The summed E-state index contributed by atoms with van der Waals surface area (Å²) in [7, 11) is -1.99. The normalized spacial score (nSPS) is 28.1. The molecular formula is C30H42O3SSi. The molecule has 0 spiro atoms. The molecule has 1 aromatic carbocycles. The van der Waals surface area contributed by atoms with E-state index in [9.17, 15) is 4.79 Å². The quantitative estimate of drug-likeness (QED) is 0.229. The molecule has 1 aliphatic carbocycles. The minimum absolute atomic E-state index is 0.0129. The third-order valence-electron chi connectivity index (χ3n) is 8.30. The highest BCUT2D eigenvalue weighted by Crippen LogP contribution is 2.45. The fourth-order valence-corrected chi connectivity index (χ4v) is 7.52. The van der Waals surface area contributed by atoms with Gasteiger partial charge in [-0.15, -0.1) is 11.3 Å². The number of ether oxygens (including phenoxy) is 1. The summed E-state index contributed by atoms with van der Waals surface area (Å²) in [5.74, 6) is 1.14. The van der Waals surface area contributed by atoms with Crippen molar-refractivity contribution in [3.63, 3.8) is 0 Å². The molecule has 3 nitrogen and oxygen atoms in total. The summed E-state index contributed by atoms with van der Waals surface area (Å²) in [6.45, 7) is 13.9. The van der Waals surface area contributed by atoms with Gasteiger partial charge in [-0.2, -0.15) is 0 Å². The van der Waals surface area contributed by atoms with Crippen LogP contribution in [0.3, 0.4) is 0 Å². The zero-order valence-corrected chi connectivity index (χ0v) is 24.1. The summed E-state index contributed by atoms with van der Waals surface area (Å²) < 4.78 is 14.3. The van der Waals surface area contributed by atoms with Gasteiger partial charge < -0.3 is 9.16 Å². The summed E-state index contributed by atoms with van der Waals surface area (Å²) in [6, 6.07) is 10.9. The Labute approximate surface area is 216 Å².